The molecule has 1 aromatic carbocycles. The largest absolute Gasteiger partial charge is 0.348 e. The maximum absolute atomic E-state index is 13.2. The molecule has 1 unspecified atom stereocenters. The lowest BCUT2D eigenvalue weighted by molar-refractivity contribution is 0.0934. The van der Waals surface area contributed by atoms with Gasteiger partial charge in [-0.05, 0) is 32.3 Å². The number of pyridine rings is 1. The summed E-state index contributed by atoms with van der Waals surface area (Å²) in [7, 11) is -3.05. The van der Waals surface area contributed by atoms with Crippen molar-refractivity contribution in [2.45, 2.75) is 51.1 Å². The summed E-state index contributed by atoms with van der Waals surface area (Å²) in [4.78, 5) is 22.6. The predicted octanol–water partition coefficient (Wildman–Crippen LogP) is 3.44. The molecule has 2 aliphatic rings. The van der Waals surface area contributed by atoms with E-state index in [0.29, 0.717) is 29.1 Å². The highest BCUT2D eigenvalue weighted by Crippen LogP contribution is 2.32. The normalized spacial score (nSPS) is 21.0. The van der Waals surface area contributed by atoms with Gasteiger partial charge in [0.25, 0.3) is 5.91 Å². The van der Waals surface area contributed by atoms with Gasteiger partial charge in [-0.25, -0.2) is 18.4 Å². The van der Waals surface area contributed by atoms with E-state index in [1.54, 1.807) is 0 Å². The Kier molecular flexibility index (Phi) is 5.04. The van der Waals surface area contributed by atoms with Crippen molar-refractivity contribution in [2.24, 2.45) is 0 Å². The van der Waals surface area contributed by atoms with Crippen LogP contribution in [0.25, 0.3) is 22.3 Å². The fraction of sp³-hybridized carbons (Fsp3) is 0.435. The van der Waals surface area contributed by atoms with Crippen molar-refractivity contribution in [3.63, 3.8) is 0 Å². The number of amides is 1. The smallest absolute Gasteiger partial charge is 0.272 e. The van der Waals surface area contributed by atoms with Crippen LogP contribution in [0.5, 0.6) is 0 Å². The summed E-state index contributed by atoms with van der Waals surface area (Å²) >= 11 is 0. The molecule has 2 aromatic heterocycles. The maximum Gasteiger partial charge on any atom is 0.272 e. The number of sulfone groups is 1. The highest BCUT2D eigenvalue weighted by molar-refractivity contribution is 7.91. The number of carbonyl (C=O) groups is 1. The molecule has 3 heterocycles. The summed E-state index contributed by atoms with van der Waals surface area (Å²) in [5.74, 6) is 0.784. The fourth-order valence-electron chi connectivity index (χ4n) is 4.89. The van der Waals surface area contributed by atoms with Crippen molar-refractivity contribution in [3.05, 3.63) is 47.9 Å². The molecule has 5 rings (SSSR count). The Hall–Kier alpha value is -2.74. The molecule has 1 saturated carbocycles. The van der Waals surface area contributed by atoms with Crippen LogP contribution >= 0.6 is 0 Å². The van der Waals surface area contributed by atoms with E-state index >= 15 is 0 Å². The lowest BCUT2D eigenvalue weighted by Gasteiger charge is -2.15. The average molecular weight is 439 g/mol. The number of benzene rings is 1. The second-order valence-electron chi connectivity index (χ2n) is 8.63. The van der Waals surface area contributed by atoms with Crippen LogP contribution in [0, 0.1) is 6.92 Å². The minimum Gasteiger partial charge on any atom is -0.348 e. The number of carbonyl (C=O) groups excluding carboxylic acids is 1. The maximum atomic E-state index is 13.2. The molecule has 1 N–H and O–H groups in total. The summed E-state index contributed by atoms with van der Waals surface area (Å²) in [5.41, 5.74) is 3.21. The van der Waals surface area contributed by atoms with Gasteiger partial charge in [-0.2, -0.15) is 0 Å². The molecule has 1 aliphatic carbocycles. The first kappa shape index (κ1) is 20.2. The van der Waals surface area contributed by atoms with Crippen LogP contribution < -0.4 is 5.32 Å². The van der Waals surface area contributed by atoms with Gasteiger partial charge in [0.15, 0.2) is 15.5 Å². The molecule has 1 aliphatic heterocycles. The number of aromatic nitrogens is 3. The van der Waals surface area contributed by atoms with E-state index < -0.39 is 9.84 Å². The molecule has 8 heteroatoms. The van der Waals surface area contributed by atoms with E-state index in [0.717, 1.165) is 36.8 Å². The first-order valence-corrected chi connectivity index (χ1v) is 12.7. The van der Waals surface area contributed by atoms with E-state index in [9.17, 15) is 13.2 Å². The standard InChI is InChI=1S/C23H26N4O3S/c1-15-24-21-20(27(15)18-11-12-31(29,30)14-18)13-19(16-7-3-2-4-8-16)26-22(21)23(28)25-17-9-5-6-10-17/h2-4,7-8,13,17-18H,5-6,9-12,14H2,1H3,(H,25,28). The first-order chi connectivity index (χ1) is 14.9. The second-order valence-corrected chi connectivity index (χ2v) is 10.9. The molecule has 2 fully saturated rings. The Morgan fingerprint density at radius 3 is 2.52 bits per heavy atom. The number of aryl methyl sites for hydroxylation is 1. The van der Waals surface area contributed by atoms with Crippen molar-refractivity contribution in [3.8, 4) is 11.3 Å². The SMILES string of the molecule is Cc1nc2c(C(=O)NC3CCCC3)nc(-c3ccccc3)cc2n1C1CCS(=O)(=O)C1. The number of nitrogens with zero attached hydrogens (tertiary/aromatic N) is 3. The van der Waals surface area contributed by atoms with Crippen LogP contribution in [0.15, 0.2) is 36.4 Å². The highest BCUT2D eigenvalue weighted by atomic mass is 32.2. The first-order valence-electron chi connectivity index (χ1n) is 10.9. The third-order valence-electron chi connectivity index (χ3n) is 6.40. The second kappa shape index (κ2) is 7.75. The minimum absolute atomic E-state index is 0.103. The van der Waals surface area contributed by atoms with Crippen molar-refractivity contribution in [2.75, 3.05) is 11.5 Å². The van der Waals surface area contributed by atoms with Gasteiger partial charge in [0.2, 0.25) is 0 Å². The molecule has 0 radical (unpaired) electrons. The third kappa shape index (κ3) is 3.84. The van der Waals surface area contributed by atoms with Crippen molar-refractivity contribution in [1.82, 2.24) is 19.9 Å². The van der Waals surface area contributed by atoms with E-state index in [4.69, 9.17) is 4.98 Å². The molecule has 1 amide bonds. The van der Waals surface area contributed by atoms with Gasteiger partial charge in [-0.1, -0.05) is 43.2 Å². The molecule has 162 valence electrons. The summed E-state index contributed by atoms with van der Waals surface area (Å²) in [6, 6.07) is 11.7. The number of nitrogens with one attached hydrogen (secondary N) is 1. The predicted molar refractivity (Wildman–Crippen MR) is 120 cm³/mol. The van der Waals surface area contributed by atoms with Crippen molar-refractivity contribution >= 4 is 26.8 Å². The van der Waals surface area contributed by atoms with Crippen molar-refractivity contribution < 1.29 is 13.2 Å². The lowest BCUT2D eigenvalue weighted by Crippen LogP contribution is -2.33. The zero-order chi connectivity index (χ0) is 21.6. The zero-order valence-corrected chi connectivity index (χ0v) is 18.4. The zero-order valence-electron chi connectivity index (χ0n) is 17.5. The molecule has 3 aromatic rings. The summed E-state index contributed by atoms with van der Waals surface area (Å²) in [6.45, 7) is 1.87. The fourth-order valence-corrected chi connectivity index (χ4v) is 6.59. The summed E-state index contributed by atoms with van der Waals surface area (Å²) in [6.07, 6.45) is 4.78. The molecule has 0 spiro atoms. The molecular weight excluding hydrogens is 412 g/mol. The van der Waals surface area contributed by atoms with Gasteiger partial charge >= 0.3 is 0 Å². The van der Waals surface area contributed by atoms with Crippen LogP contribution in [0.1, 0.15) is 54.5 Å². The highest BCUT2D eigenvalue weighted by Gasteiger charge is 2.32. The van der Waals surface area contributed by atoms with Crippen LogP contribution in [0.2, 0.25) is 0 Å². The topological polar surface area (TPSA) is 93.9 Å². The molecule has 1 atom stereocenters. The van der Waals surface area contributed by atoms with Crippen LogP contribution in [0.4, 0.5) is 0 Å². The van der Waals surface area contributed by atoms with Gasteiger partial charge in [0.1, 0.15) is 11.3 Å². The number of imidazole rings is 1. The van der Waals surface area contributed by atoms with Gasteiger partial charge < -0.3 is 9.88 Å². The molecule has 0 bridgehead atoms. The number of hydrogen-bond donors (Lipinski definition) is 1. The molecule has 1 saturated heterocycles. The van der Waals surface area contributed by atoms with Crippen LogP contribution in [-0.4, -0.2) is 46.4 Å². The Morgan fingerprint density at radius 1 is 1.10 bits per heavy atom. The molecule has 31 heavy (non-hydrogen) atoms. The van der Waals surface area contributed by atoms with E-state index in [-0.39, 0.29) is 29.5 Å². The quantitative estimate of drug-likeness (QED) is 0.673. The Balaban J connectivity index is 1.66. The van der Waals surface area contributed by atoms with E-state index in [1.165, 1.54) is 0 Å². The minimum atomic E-state index is -3.05. The lowest BCUT2D eigenvalue weighted by atomic mass is 10.1. The van der Waals surface area contributed by atoms with Gasteiger partial charge in [0.05, 0.1) is 28.8 Å². The monoisotopic (exact) mass is 438 g/mol. The average Bonchev–Trinajstić information content (AvgIpc) is 3.46. The van der Waals surface area contributed by atoms with Crippen LogP contribution in [0.3, 0.4) is 0 Å². The van der Waals surface area contributed by atoms with Gasteiger partial charge in [-0.15, -0.1) is 0 Å². The van der Waals surface area contributed by atoms with Gasteiger partial charge in [0, 0.05) is 11.6 Å². The van der Waals surface area contributed by atoms with Crippen molar-refractivity contribution in [1.29, 1.82) is 0 Å². The third-order valence-corrected chi connectivity index (χ3v) is 8.15. The van der Waals surface area contributed by atoms with Gasteiger partial charge in [-0.3, -0.25) is 4.79 Å². The van der Waals surface area contributed by atoms with E-state index in [1.807, 2.05) is 47.9 Å². The molecular formula is C23H26N4O3S. The Labute approximate surface area is 181 Å². The summed E-state index contributed by atoms with van der Waals surface area (Å²) < 4.78 is 26.2. The van der Waals surface area contributed by atoms with E-state index in [2.05, 4.69) is 10.3 Å². The number of fused-ring (bicyclic) bond motifs is 1. The number of hydrogen-bond acceptors (Lipinski definition) is 5. The molecule has 7 nitrogen and oxygen atoms in total. The Morgan fingerprint density at radius 2 is 1.84 bits per heavy atom. The van der Waals surface area contributed by atoms with Crippen LogP contribution in [-0.2, 0) is 9.84 Å². The number of rotatable bonds is 4. The Bertz CT molecular complexity index is 1240. The summed E-state index contributed by atoms with van der Waals surface area (Å²) in [5, 5.41) is 3.13.